The third-order valence-corrected chi connectivity index (χ3v) is 5.28. The monoisotopic (exact) mass is 379 g/mol. The van der Waals surface area contributed by atoms with Gasteiger partial charge in [0.25, 0.3) is 11.5 Å². The van der Waals surface area contributed by atoms with Crippen LogP contribution in [-0.4, -0.2) is 46.8 Å². The minimum absolute atomic E-state index is 0.0848. The molecule has 0 spiro atoms. The summed E-state index contributed by atoms with van der Waals surface area (Å²) < 4.78 is 1.50. The maximum absolute atomic E-state index is 12.8. The van der Waals surface area contributed by atoms with Crippen molar-refractivity contribution in [3.63, 3.8) is 0 Å². The fourth-order valence-corrected chi connectivity index (χ4v) is 3.38. The van der Waals surface area contributed by atoms with E-state index < -0.39 is 0 Å². The van der Waals surface area contributed by atoms with Crippen molar-refractivity contribution >= 4 is 11.6 Å². The summed E-state index contributed by atoms with van der Waals surface area (Å²) in [6, 6.07) is 10.4. The molecule has 0 bridgehead atoms. The van der Waals surface area contributed by atoms with Crippen molar-refractivity contribution in [1.82, 2.24) is 14.7 Å². The molecule has 2 heterocycles. The molecule has 146 valence electrons. The van der Waals surface area contributed by atoms with Crippen LogP contribution in [0.2, 0.25) is 0 Å². The number of aromatic nitrogens is 2. The highest BCUT2D eigenvalue weighted by atomic mass is 16.2. The van der Waals surface area contributed by atoms with Crippen LogP contribution in [0, 0.1) is 11.3 Å². The molecule has 7 nitrogen and oxygen atoms in total. The molecule has 0 saturated carbocycles. The molecule has 1 amide bonds. The van der Waals surface area contributed by atoms with Gasteiger partial charge in [0.1, 0.15) is 0 Å². The summed E-state index contributed by atoms with van der Waals surface area (Å²) in [7, 11) is 1.93. The highest BCUT2D eigenvalue weighted by Crippen LogP contribution is 2.22. The Morgan fingerprint density at radius 3 is 2.64 bits per heavy atom. The fraction of sp³-hybridized carbons (Fsp3) is 0.429. The Morgan fingerprint density at radius 1 is 1.32 bits per heavy atom. The molecule has 0 unspecified atom stereocenters. The number of hydrogen-bond acceptors (Lipinski definition) is 5. The molecule has 28 heavy (non-hydrogen) atoms. The second-order valence-electron chi connectivity index (χ2n) is 7.44. The molecule has 1 aromatic carbocycles. The summed E-state index contributed by atoms with van der Waals surface area (Å²) in [4.78, 5) is 29.2. The number of nitrogens with zero attached hydrogens (tertiary/aromatic N) is 5. The maximum atomic E-state index is 12.8. The Bertz CT molecular complexity index is 943. The number of benzene rings is 1. The van der Waals surface area contributed by atoms with Crippen molar-refractivity contribution in [3.05, 3.63) is 58.0 Å². The van der Waals surface area contributed by atoms with E-state index in [-0.39, 0.29) is 23.6 Å². The van der Waals surface area contributed by atoms with Gasteiger partial charge in [-0.3, -0.25) is 9.59 Å². The molecule has 2 aromatic rings. The van der Waals surface area contributed by atoms with Crippen LogP contribution in [-0.2, 0) is 0 Å². The number of carbonyl (C=O) groups is 1. The van der Waals surface area contributed by atoms with Gasteiger partial charge in [0, 0.05) is 37.8 Å². The molecule has 3 rings (SSSR count). The molecule has 0 radical (unpaired) electrons. The topological polar surface area (TPSA) is 82.2 Å². The Hall–Kier alpha value is -3.14. The zero-order valence-electron chi connectivity index (χ0n) is 16.5. The van der Waals surface area contributed by atoms with Gasteiger partial charge in [-0.2, -0.15) is 10.4 Å². The molecule has 1 aliphatic rings. The number of carbonyl (C=O) groups excluding carboxylic acids is 1. The van der Waals surface area contributed by atoms with Gasteiger partial charge in [-0.15, -0.1) is 0 Å². The number of nitriles is 1. The van der Waals surface area contributed by atoms with Crippen LogP contribution < -0.4 is 10.5 Å². The van der Waals surface area contributed by atoms with Crippen LogP contribution >= 0.6 is 0 Å². The van der Waals surface area contributed by atoms with Crippen molar-refractivity contribution in [2.45, 2.75) is 38.8 Å². The lowest BCUT2D eigenvalue weighted by molar-refractivity contribution is 0.0670. The minimum atomic E-state index is -0.150. The summed E-state index contributed by atoms with van der Waals surface area (Å²) in [6.45, 7) is 5.21. The lowest BCUT2D eigenvalue weighted by atomic mass is 10.0. The number of likely N-dealkylation sites (tertiary alicyclic amines) is 1. The van der Waals surface area contributed by atoms with Crippen LogP contribution in [0.1, 0.15) is 48.7 Å². The van der Waals surface area contributed by atoms with Crippen LogP contribution in [0.15, 0.2) is 41.3 Å². The zero-order valence-corrected chi connectivity index (χ0v) is 16.5. The molecule has 1 saturated heterocycles. The van der Waals surface area contributed by atoms with Gasteiger partial charge in [-0.05, 0) is 51.0 Å². The van der Waals surface area contributed by atoms with E-state index in [0.717, 1.165) is 18.5 Å². The summed E-state index contributed by atoms with van der Waals surface area (Å²) in [5.74, 6) is -0.0848. The average molecular weight is 379 g/mol. The number of rotatable bonds is 4. The Kier molecular flexibility index (Phi) is 5.78. The van der Waals surface area contributed by atoms with Crippen molar-refractivity contribution in [1.29, 1.82) is 5.26 Å². The summed E-state index contributed by atoms with van der Waals surface area (Å²) in [6.07, 6.45) is 3.33. The first kappa shape index (κ1) is 19.6. The minimum Gasteiger partial charge on any atom is -0.371 e. The molecule has 0 aliphatic carbocycles. The van der Waals surface area contributed by atoms with Gasteiger partial charge in [-0.25, -0.2) is 4.68 Å². The van der Waals surface area contributed by atoms with Gasteiger partial charge in [0.2, 0.25) is 0 Å². The Balaban J connectivity index is 1.76. The molecule has 1 atom stereocenters. The lowest BCUT2D eigenvalue weighted by Crippen LogP contribution is -2.43. The van der Waals surface area contributed by atoms with Crippen molar-refractivity contribution in [2.24, 2.45) is 0 Å². The van der Waals surface area contributed by atoms with E-state index in [1.54, 1.807) is 41.4 Å². The predicted molar refractivity (Wildman–Crippen MR) is 107 cm³/mol. The zero-order chi connectivity index (χ0) is 20.3. The van der Waals surface area contributed by atoms with Crippen molar-refractivity contribution < 1.29 is 4.79 Å². The van der Waals surface area contributed by atoms with Gasteiger partial charge >= 0.3 is 0 Å². The van der Waals surface area contributed by atoms with Gasteiger partial charge < -0.3 is 9.80 Å². The second kappa shape index (κ2) is 8.26. The van der Waals surface area contributed by atoms with Crippen molar-refractivity contribution in [2.75, 3.05) is 25.0 Å². The highest BCUT2D eigenvalue weighted by Gasteiger charge is 2.27. The third-order valence-electron chi connectivity index (χ3n) is 5.28. The molecule has 1 fully saturated rings. The molecular weight excluding hydrogens is 354 g/mol. The SMILES string of the molecule is CC(C)N(C)c1cnn([C@H]2CCCN(C(=O)c3ccc(C#N)cc3)C2)c(=O)c1. The van der Waals surface area contributed by atoms with E-state index in [1.165, 1.54) is 4.68 Å². The first-order valence-corrected chi connectivity index (χ1v) is 9.52. The van der Waals surface area contributed by atoms with E-state index in [4.69, 9.17) is 5.26 Å². The normalized spacial score (nSPS) is 16.7. The predicted octanol–water partition coefficient (Wildman–Crippen LogP) is 2.44. The number of amides is 1. The van der Waals surface area contributed by atoms with E-state index in [1.807, 2.05) is 11.9 Å². The summed E-state index contributed by atoms with van der Waals surface area (Å²) >= 11 is 0. The summed E-state index contributed by atoms with van der Waals surface area (Å²) in [5, 5.41) is 13.3. The molecule has 1 aliphatic heterocycles. The molecule has 0 N–H and O–H groups in total. The standard InChI is InChI=1S/C21H25N5O2/c1-15(2)24(3)19-11-20(27)26(23-13-19)18-5-4-10-25(14-18)21(28)17-8-6-16(12-22)7-9-17/h6-9,11,13,15,18H,4-5,10,14H2,1-3H3/t18-/m0/s1. The maximum Gasteiger partial charge on any atom is 0.269 e. The van der Waals surface area contributed by atoms with Crippen LogP contribution in [0.25, 0.3) is 0 Å². The smallest absolute Gasteiger partial charge is 0.269 e. The molecule has 1 aromatic heterocycles. The van der Waals surface area contributed by atoms with E-state index in [2.05, 4.69) is 25.0 Å². The largest absolute Gasteiger partial charge is 0.371 e. The number of hydrogen-bond donors (Lipinski definition) is 0. The number of anilines is 1. The van der Waals surface area contributed by atoms with Gasteiger partial charge in [0.15, 0.2) is 0 Å². The molecule has 7 heteroatoms. The van der Waals surface area contributed by atoms with E-state index in [9.17, 15) is 9.59 Å². The first-order valence-electron chi connectivity index (χ1n) is 9.52. The lowest BCUT2D eigenvalue weighted by Gasteiger charge is -2.33. The third kappa shape index (κ3) is 4.06. The number of piperidine rings is 1. The van der Waals surface area contributed by atoms with E-state index >= 15 is 0 Å². The molecular formula is C21H25N5O2. The Labute approximate surface area is 164 Å². The second-order valence-corrected chi connectivity index (χ2v) is 7.44. The fourth-order valence-electron chi connectivity index (χ4n) is 3.38. The first-order chi connectivity index (χ1) is 13.4. The van der Waals surface area contributed by atoms with Crippen LogP contribution in [0.3, 0.4) is 0 Å². The van der Waals surface area contributed by atoms with Crippen molar-refractivity contribution in [3.8, 4) is 6.07 Å². The van der Waals surface area contributed by atoms with Gasteiger partial charge in [0.05, 0.1) is 29.6 Å². The quantitative estimate of drug-likeness (QED) is 0.815. The van der Waals surface area contributed by atoms with Crippen LogP contribution in [0.5, 0.6) is 0 Å². The van der Waals surface area contributed by atoms with Crippen LogP contribution in [0.4, 0.5) is 5.69 Å². The average Bonchev–Trinajstić information content (AvgIpc) is 2.72. The highest BCUT2D eigenvalue weighted by molar-refractivity contribution is 5.94. The Morgan fingerprint density at radius 2 is 2.04 bits per heavy atom. The summed E-state index contributed by atoms with van der Waals surface area (Å²) in [5.41, 5.74) is 1.71. The van der Waals surface area contributed by atoms with Gasteiger partial charge in [-0.1, -0.05) is 0 Å². The van der Waals surface area contributed by atoms with E-state index in [0.29, 0.717) is 24.2 Å².